The number of hydrogen-bond donors (Lipinski definition) is 1. The first-order chi connectivity index (χ1) is 13.1. The van der Waals surface area contributed by atoms with E-state index in [1.807, 2.05) is 18.2 Å². The van der Waals surface area contributed by atoms with Crippen LogP contribution in [0.15, 0.2) is 53.4 Å². The van der Waals surface area contributed by atoms with Crippen LogP contribution in [-0.2, 0) is 10.0 Å². The largest absolute Gasteiger partial charge is 0.486 e. The minimum absolute atomic E-state index is 0.171. The zero-order valence-electron chi connectivity index (χ0n) is 14.7. The number of sulfonamides is 1. The number of para-hydroxylation sites is 1. The highest BCUT2D eigenvalue weighted by Gasteiger charge is 2.34. The van der Waals surface area contributed by atoms with Gasteiger partial charge in [0.05, 0.1) is 4.90 Å². The SMILES string of the molecule is O=S(=O)(c1ccc2c(c1)OCCO2)N1CCC(c2cc3ccccc3[nH]2)C1. The number of nitrogens with zero attached hydrogens (tertiary/aromatic N) is 1. The van der Waals surface area contributed by atoms with E-state index in [0.29, 0.717) is 37.8 Å². The normalized spacial score (nSPS) is 20.2. The third-order valence-corrected chi connectivity index (χ3v) is 7.15. The third-order valence-electron chi connectivity index (χ3n) is 5.29. The van der Waals surface area contributed by atoms with Crippen molar-refractivity contribution in [3.63, 3.8) is 0 Å². The molecule has 140 valence electrons. The van der Waals surface area contributed by atoms with Crippen molar-refractivity contribution in [1.82, 2.24) is 9.29 Å². The van der Waals surface area contributed by atoms with Crippen LogP contribution in [0.2, 0.25) is 0 Å². The Morgan fingerprint density at radius 2 is 1.81 bits per heavy atom. The number of benzene rings is 2. The fourth-order valence-corrected chi connectivity index (χ4v) is 5.37. The monoisotopic (exact) mass is 384 g/mol. The number of aromatic nitrogens is 1. The van der Waals surface area contributed by atoms with Gasteiger partial charge < -0.3 is 14.5 Å². The van der Waals surface area contributed by atoms with Crippen LogP contribution in [0, 0.1) is 0 Å². The van der Waals surface area contributed by atoms with Crippen molar-refractivity contribution in [1.29, 1.82) is 0 Å². The van der Waals surface area contributed by atoms with Gasteiger partial charge in [-0.3, -0.25) is 0 Å². The van der Waals surface area contributed by atoms with Crippen LogP contribution < -0.4 is 9.47 Å². The van der Waals surface area contributed by atoms with Crippen LogP contribution >= 0.6 is 0 Å². The van der Waals surface area contributed by atoms with Crippen molar-refractivity contribution in [2.75, 3.05) is 26.3 Å². The average Bonchev–Trinajstić information content (AvgIpc) is 3.34. The smallest absolute Gasteiger partial charge is 0.243 e. The number of aromatic amines is 1. The summed E-state index contributed by atoms with van der Waals surface area (Å²) < 4.78 is 38.8. The molecule has 0 amide bonds. The molecule has 0 saturated carbocycles. The fourth-order valence-electron chi connectivity index (χ4n) is 3.85. The Labute approximate surface area is 157 Å². The number of nitrogens with one attached hydrogen (secondary N) is 1. The van der Waals surface area contributed by atoms with Gasteiger partial charge in [0.15, 0.2) is 11.5 Å². The van der Waals surface area contributed by atoms with E-state index in [-0.39, 0.29) is 10.8 Å². The van der Waals surface area contributed by atoms with Gasteiger partial charge in [-0.2, -0.15) is 4.31 Å². The summed E-state index contributed by atoms with van der Waals surface area (Å²) in [5.41, 5.74) is 2.18. The topological polar surface area (TPSA) is 71.6 Å². The van der Waals surface area contributed by atoms with Crippen LogP contribution in [-0.4, -0.2) is 44.0 Å². The molecule has 5 rings (SSSR count). The number of H-pyrrole nitrogens is 1. The van der Waals surface area contributed by atoms with E-state index >= 15 is 0 Å². The molecular formula is C20H20N2O4S. The van der Waals surface area contributed by atoms with Gasteiger partial charge in [0.2, 0.25) is 10.0 Å². The number of rotatable bonds is 3. The number of ether oxygens (including phenoxy) is 2. The summed E-state index contributed by atoms with van der Waals surface area (Å²) >= 11 is 0. The van der Waals surface area contributed by atoms with E-state index in [9.17, 15) is 8.42 Å². The summed E-state index contributed by atoms with van der Waals surface area (Å²) in [5, 5.41) is 1.15. The maximum Gasteiger partial charge on any atom is 0.243 e. The van der Waals surface area contributed by atoms with Gasteiger partial charge in [-0.1, -0.05) is 18.2 Å². The maximum atomic E-state index is 13.1. The summed E-state index contributed by atoms with van der Waals surface area (Å²) in [6, 6.07) is 15.1. The van der Waals surface area contributed by atoms with Crippen LogP contribution in [0.5, 0.6) is 11.5 Å². The minimum Gasteiger partial charge on any atom is -0.486 e. The predicted octanol–water partition coefficient (Wildman–Crippen LogP) is 3.12. The molecule has 0 spiro atoms. The maximum absolute atomic E-state index is 13.1. The van der Waals surface area contributed by atoms with Gasteiger partial charge in [-0.05, 0) is 36.1 Å². The summed E-state index contributed by atoms with van der Waals surface area (Å²) in [6.45, 7) is 1.90. The molecule has 1 atom stereocenters. The summed E-state index contributed by atoms with van der Waals surface area (Å²) in [6.07, 6.45) is 0.802. The first-order valence-corrected chi connectivity index (χ1v) is 10.5. The van der Waals surface area contributed by atoms with Crippen molar-refractivity contribution in [3.05, 3.63) is 54.2 Å². The van der Waals surface area contributed by atoms with Gasteiger partial charge >= 0.3 is 0 Å². The molecule has 1 saturated heterocycles. The van der Waals surface area contributed by atoms with Gasteiger partial charge in [-0.25, -0.2) is 8.42 Å². The molecule has 0 radical (unpaired) electrons. The Morgan fingerprint density at radius 1 is 1.00 bits per heavy atom. The van der Waals surface area contributed by atoms with Crippen molar-refractivity contribution < 1.29 is 17.9 Å². The molecule has 1 N–H and O–H groups in total. The first kappa shape index (κ1) is 16.6. The molecule has 0 aliphatic carbocycles. The molecule has 27 heavy (non-hydrogen) atoms. The second-order valence-electron chi connectivity index (χ2n) is 6.97. The van der Waals surface area contributed by atoms with Crippen LogP contribution in [0.3, 0.4) is 0 Å². The van der Waals surface area contributed by atoms with Gasteiger partial charge in [0, 0.05) is 36.3 Å². The van der Waals surface area contributed by atoms with E-state index < -0.39 is 10.0 Å². The van der Waals surface area contributed by atoms with Gasteiger partial charge in [0.1, 0.15) is 13.2 Å². The second-order valence-corrected chi connectivity index (χ2v) is 8.90. The average molecular weight is 384 g/mol. The molecule has 7 heteroatoms. The number of hydrogen-bond acceptors (Lipinski definition) is 4. The van der Waals surface area contributed by atoms with E-state index in [2.05, 4.69) is 17.1 Å². The molecule has 3 aromatic rings. The lowest BCUT2D eigenvalue weighted by Gasteiger charge is -2.21. The van der Waals surface area contributed by atoms with Crippen molar-refractivity contribution >= 4 is 20.9 Å². The van der Waals surface area contributed by atoms with Crippen LogP contribution in [0.25, 0.3) is 10.9 Å². The summed E-state index contributed by atoms with van der Waals surface area (Å²) in [4.78, 5) is 3.69. The van der Waals surface area contributed by atoms with Crippen molar-refractivity contribution in [2.45, 2.75) is 17.2 Å². The molecule has 1 aromatic heterocycles. The van der Waals surface area contributed by atoms with Gasteiger partial charge in [-0.15, -0.1) is 0 Å². The van der Waals surface area contributed by atoms with E-state index in [1.54, 1.807) is 22.5 Å². The highest BCUT2D eigenvalue weighted by atomic mass is 32.2. The first-order valence-electron chi connectivity index (χ1n) is 9.09. The highest BCUT2D eigenvalue weighted by Crippen LogP contribution is 2.36. The predicted molar refractivity (Wildman–Crippen MR) is 102 cm³/mol. The number of fused-ring (bicyclic) bond motifs is 2. The molecular weight excluding hydrogens is 364 g/mol. The molecule has 1 unspecified atom stereocenters. The molecule has 6 nitrogen and oxygen atoms in total. The summed E-state index contributed by atoms with van der Waals surface area (Å²) in [5.74, 6) is 1.26. The van der Waals surface area contributed by atoms with Crippen LogP contribution in [0.1, 0.15) is 18.0 Å². The van der Waals surface area contributed by atoms with Crippen molar-refractivity contribution in [2.24, 2.45) is 0 Å². The Balaban J connectivity index is 1.40. The minimum atomic E-state index is -3.56. The van der Waals surface area contributed by atoms with Crippen molar-refractivity contribution in [3.8, 4) is 11.5 Å². The van der Waals surface area contributed by atoms with E-state index in [4.69, 9.17) is 9.47 Å². The molecule has 2 aromatic carbocycles. The lowest BCUT2D eigenvalue weighted by Crippen LogP contribution is -2.29. The molecule has 2 aliphatic rings. The second kappa shape index (κ2) is 6.28. The molecule has 1 fully saturated rings. The standard InChI is InChI=1S/C20H20N2O4S/c23-27(24,16-5-6-19-20(12-16)26-10-9-25-19)22-8-7-15(13-22)18-11-14-3-1-2-4-17(14)21-18/h1-6,11-12,15,21H,7-10,13H2. The highest BCUT2D eigenvalue weighted by molar-refractivity contribution is 7.89. The lowest BCUT2D eigenvalue weighted by molar-refractivity contribution is 0.171. The molecule has 2 aliphatic heterocycles. The Hall–Kier alpha value is -2.51. The zero-order valence-corrected chi connectivity index (χ0v) is 15.5. The third kappa shape index (κ3) is 2.87. The van der Waals surface area contributed by atoms with E-state index in [0.717, 1.165) is 23.0 Å². The van der Waals surface area contributed by atoms with E-state index in [1.165, 1.54) is 0 Å². The molecule has 3 heterocycles. The quantitative estimate of drug-likeness (QED) is 0.753. The Morgan fingerprint density at radius 3 is 2.67 bits per heavy atom. The Bertz CT molecular complexity index is 1070. The zero-order chi connectivity index (χ0) is 18.4. The van der Waals surface area contributed by atoms with Gasteiger partial charge in [0.25, 0.3) is 0 Å². The molecule has 0 bridgehead atoms. The lowest BCUT2D eigenvalue weighted by atomic mass is 10.1. The summed E-state index contributed by atoms with van der Waals surface area (Å²) in [7, 11) is -3.56. The van der Waals surface area contributed by atoms with Crippen LogP contribution in [0.4, 0.5) is 0 Å². The fraction of sp³-hybridized carbons (Fsp3) is 0.300. The Kier molecular flexibility index (Phi) is 3.87.